The van der Waals surface area contributed by atoms with E-state index in [1.54, 1.807) is 6.07 Å². The van der Waals surface area contributed by atoms with Gasteiger partial charge in [0.15, 0.2) is 0 Å². The van der Waals surface area contributed by atoms with Crippen molar-refractivity contribution in [1.29, 1.82) is 0 Å². The van der Waals surface area contributed by atoms with Gasteiger partial charge < -0.3 is 20.4 Å². The zero-order chi connectivity index (χ0) is 17.9. The molecule has 1 saturated carbocycles. The first-order chi connectivity index (χ1) is 12.7. The predicted molar refractivity (Wildman–Crippen MR) is 102 cm³/mol. The van der Waals surface area contributed by atoms with Crippen LogP contribution in [0.5, 0.6) is 0 Å². The predicted octanol–water partition coefficient (Wildman–Crippen LogP) is 3.44. The number of amides is 2. The van der Waals surface area contributed by atoms with Crippen molar-refractivity contribution in [3.8, 4) is 0 Å². The summed E-state index contributed by atoms with van der Waals surface area (Å²) in [6, 6.07) is 15.0. The molecule has 4 rings (SSSR count). The van der Waals surface area contributed by atoms with Crippen molar-refractivity contribution in [2.45, 2.75) is 18.9 Å². The standard InChI is InChI=1S/C20H23FN4O/c21-18-3-1-2-4-19(18)25-13-11-24(12-14-25)17-9-7-16(8-10-17)23-20(26)22-15-5-6-15/h1-4,7-10,15H,5-6,11-14H2,(H2,22,23,26). The average Bonchev–Trinajstić information content (AvgIpc) is 3.47. The molecule has 26 heavy (non-hydrogen) atoms. The molecule has 0 aromatic heterocycles. The van der Waals surface area contributed by atoms with Gasteiger partial charge in [-0.3, -0.25) is 0 Å². The Hall–Kier alpha value is -2.76. The normalized spacial score (nSPS) is 17.1. The number of carbonyl (C=O) groups excluding carboxylic acids is 1. The van der Waals surface area contributed by atoms with Crippen LogP contribution in [0.1, 0.15) is 12.8 Å². The summed E-state index contributed by atoms with van der Waals surface area (Å²) in [6.45, 7) is 3.24. The zero-order valence-electron chi connectivity index (χ0n) is 14.6. The van der Waals surface area contributed by atoms with Gasteiger partial charge in [-0.15, -0.1) is 0 Å². The van der Waals surface area contributed by atoms with Gasteiger partial charge in [0, 0.05) is 43.6 Å². The number of para-hydroxylation sites is 1. The Kier molecular flexibility index (Phi) is 4.65. The quantitative estimate of drug-likeness (QED) is 0.884. The third kappa shape index (κ3) is 3.90. The lowest BCUT2D eigenvalue weighted by molar-refractivity contribution is 0.251. The van der Waals surface area contributed by atoms with E-state index >= 15 is 0 Å². The topological polar surface area (TPSA) is 47.6 Å². The third-order valence-electron chi connectivity index (χ3n) is 4.88. The molecule has 0 atom stereocenters. The molecule has 6 heteroatoms. The number of benzene rings is 2. The number of carbonyl (C=O) groups is 1. The van der Waals surface area contributed by atoms with Crippen LogP contribution in [0.3, 0.4) is 0 Å². The van der Waals surface area contributed by atoms with Gasteiger partial charge >= 0.3 is 6.03 Å². The summed E-state index contributed by atoms with van der Waals surface area (Å²) in [5.41, 5.74) is 2.58. The number of hydrogen-bond acceptors (Lipinski definition) is 3. The van der Waals surface area contributed by atoms with Gasteiger partial charge in [0.05, 0.1) is 5.69 Å². The fourth-order valence-corrected chi connectivity index (χ4v) is 3.25. The van der Waals surface area contributed by atoms with Gasteiger partial charge in [0.25, 0.3) is 0 Å². The fourth-order valence-electron chi connectivity index (χ4n) is 3.25. The van der Waals surface area contributed by atoms with Crippen LogP contribution in [0.2, 0.25) is 0 Å². The Morgan fingerprint density at radius 1 is 0.923 bits per heavy atom. The van der Waals surface area contributed by atoms with E-state index in [0.29, 0.717) is 11.7 Å². The number of piperazine rings is 1. The molecule has 1 aliphatic carbocycles. The first kappa shape index (κ1) is 16.7. The first-order valence-corrected chi connectivity index (χ1v) is 9.11. The smallest absolute Gasteiger partial charge is 0.319 e. The molecule has 2 aliphatic rings. The number of nitrogens with one attached hydrogen (secondary N) is 2. The Balaban J connectivity index is 1.32. The highest BCUT2D eigenvalue weighted by Crippen LogP contribution is 2.24. The summed E-state index contributed by atoms with van der Waals surface area (Å²) < 4.78 is 13.9. The molecule has 1 heterocycles. The van der Waals surface area contributed by atoms with Gasteiger partial charge in [-0.2, -0.15) is 0 Å². The van der Waals surface area contributed by atoms with Crippen LogP contribution >= 0.6 is 0 Å². The molecule has 0 spiro atoms. The maximum absolute atomic E-state index is 13.9. The Morgan fingerprint density at radius 2 is 1.58 bits per heavy atom. The van der Waals surface area contributed by atoms with E-state index in [0.717, 1.165) is 50.4 Å². The molecule has 0 unspecified atom stereocenters. The average molecular weight is 354 g/mol. The van der Waals surface area contributed by atoms with Gasteiger partial charge in [-0.1, -0.05) is 12.1 Å². The molecule has 0 radical (unpaired) electrons. The Bertz CT molecular complexity index is 768. The first-order valence-electron chi connectivity index (χ1n) is 9.11. The number of urea groups is 1. The van der Waals surface area contributed by atoms with Crippen LogP contribution in [0, 0.1) is 5.82 Å². The molecule has 1 saturated heterocycles. The number of halogens is 1. The van der Waals surface area contributed by atoms with Crippen molar-refractivity contribution in [3.63, 3.8) is 0 Å². The lowest BCUT2D eigenvalue weighted by atomic mass is 10.2. The van der Waals surface area contributed by atoms with E-state index < -0.39 is 0 Å². The van der Waals surface area contributed by atoms with E-state index in [-0.39, 0.29) is 11.8 Å². The highest BCUT2D eigenvalue weighted by molar-refractivity contribution is 5.89. The van der Waals surface area contributed by atoms with E-state index in [9.17, 15) is 9.18 Å². The SMILES string of the molecule is O=C(Nc1ccc(N2CCN(c3ccccc3F)CC2)cc1)NC1CC1. The molecule has 5 nitrogen and oxygen atoms in total. The molecule has 1 aliphatic heterocycles. The highest BCUT2D eigenvalue weighted by Gasteiger charge is 2.23. The van der Waals surface area contributed by atoms with Crippen molar-refractivity contribution in [2.24, 2.45) is 0 Å². The van der Waals surface area contributed by atoms with Crippen LogP contribution < -0.4 is 20.4 Å². The Labute approximate surface area is 152 Å². The van der Waals surface area contributed by atoms with Gasteiger partial charge in [-0.05, 0) is 49.2 Å². The monoisotopic (exact) mass is 354 g/mol. The maximum Gasteiger partial charge on any atom is 0.319 e. The van der Waals surface area contributed by atoms with Crippen molar-refractivity contribution in [1.82, 2.24) is 5.32 Å². The molecule has 2 aromatic rings. The second-order valence-electron chi connectivity index (χ2n) is 6.85. The number of hydrogen-bond donors (Lipinski definition) is 2. The third-order valence-corrected chi connectivity index (χ3v) is 4.88. The summed E-state index contributed by atoms with van der Waals surface area (Å²) in [6.07, 6.45) is 2.15. The largest absolute Gasteiger partial charge is 0.368 e. The maximum atomic E-state index is 13.9. The molecule has 2 N–H and O–H groups in total. The fraction of sp³-hybridized carbons (Fsp3) is 0.350. The molecular formula is C20H23FN4O. The van der Waals surface area contributed by atoms with Crippen LogP contribution in [0.15, 0.2) is 48.5 Å². The number of nitrogens with zero attached hydrogens (tertiary/aromatic N) is 2. The number of anilines is 3. The Morgan fingerprint density at radius 3 is 2.23 bits per heavy atom. The zero-order valence-corrected chi connectivity index (χ0v) is 14.6. The van der Waals surface area contributed by atoms with Crippen LogP contribution in [0.4, 0.5) is 26.2 Å². The van der Waals surface area contributed by atoms with Crippen molar-refractivity contribution < 1.29 is 9.18 Å². The van der Waals surface area contributed by atoms with Crippen LogP contribution in [-0.4, -0.2) is 38.3 Å². The molecular weight excluding hydrogens is 331 g/mol. The molecule has 136 valence electrons. The van der Waals surface area contributed by atoms with Gasteiger partial charge in [0.1, 0.15) is 5.82 Å². The summed E-state index contributed by atoms with van der Waals surface area (Å²) in [4.78, 5) is 16.1. The number of rotatable bonds is 4. The van der Waals surface area contributed by atoms with E-state index in [1.807, 2.05) is 36.4 Å². The van der Waals surface area contributed by atoms with Crippen molar-refractivity contribution in [2.75, 3.05) is 41.3 Å². The minimum Gasteiger partial charge on any atom is -0.368 e. The molecule has 2 amide bonds. The second kappa shape index (κ2) is 7.23. The van der Waals surface area contributed by atoms with Crippen LogP contribution in [-0.2, 0) is 0 Å². The van der Waals surface area contributed by atoms with E-state index in [4.69, 9.17) is 0 Å². The minimum atomic E-state index is -0.166. The molecule has 0 bridgehead atoms. The minimum absolute atomic E-state index is 0.140. The summed E-state index contributed by atoms with van der Waals surface area (Å²) >= 11 is 0. The second-order valence-corrected chi connectivity index (χ2v) is 6.85. The molecule has 2 fully saturated rings. The van der Waals surface area contributed by atoms with Crippen molar-refractivity contribution >= 4 is 23.1 Å². The van der Waals surface area contributed by atoms with Gasteiger partial charge in [-0.25, -0.2) is 9.18 Å². The lowest BCUT2D eigenvalue weighted by Crippen LogP contribution is -2.46. The van der Waals surface area contributed by atoms with Crippen LogP contribution in [0.25, 0.3) is 0 Å². The summed E-state index contributed by atoms with van der Waals surface area (Å²) in [5.74, 6) is -0.166. The van der Waals surface area contributed by atoms with E-state index in [2.05, 4.69) is 20.4 Å². The highest BCUT2D eigenvalue weighted by atomic mass is 19.1. The molecule has 2 aromatic carbocycles. The van der Waals surface area contributed by atoms with E-state index in [1.165, 1.54) is 6.07 Å². The lowest BCUT2D eigenvalue weighted by Gasteiger charge is -2.37. The van der Waals surface area contributed by atoms with Gasteiger partial charge in [0.2, 0.25) is 0 Å². The summed E-state index contributed by atoms with van der Waals surface area (Å²) in [7, 11) is 0. The van der Waals surface area contributed by atoms with Crippen molar-refractivity contribution in [3.05, 3.63) is 54.3 Å². The summed E-state index contributed by atoms with van der Waals surface area (Å²) in [5, 5.41) is 5.77.